The van der Waals surface area contributed by atoms with E-state index in [2.05, 4.69) is 10.6 Å². The average Bonchev–Trinajstić information content (AvgIpc) is 2.38. The summed E-state index contributed by atoms with van der Waals surface area (Å²) in [5.74, 6) is -0.478. The van der Waals surface area contributed by atoms with E-state index in [1.54, 1.807) is 30.3 Å². The molecular weight excluding hydrogens is 257 g/mol. The molecule has 4 nitrogen and oxygen atoms in total. The van der Waals surface area contributed by atoms with Crippen LogP contribution in [0.5, 0.6) is 0 Å². The van der Waals surface area contributed by atoms with Crippen molar-refractivity contribution in [3.63, 3.8) is 0 Å². The SMILES string of the molecule is Cc1ccc(F)c(NC(=O)Nc2ccc(C)c(N)c2)c1. The first kappa shape index (κ1) is 13.9. The van der Waals surface area contributed by atoms with Gasteiger partial charge in [-0.2, -0.15) is 0 Å². The van der Waals surface area contributed by atoms with Crippen molar-refractivity contribution in [3.8, 4) is 0 Å². The summed E-state index contributed by atoms with van der Waals surface area (Å²) in [7, 11) is 0. The molecule has 0 saturated heterocycles. The average molecular weight is 273 g/mol. The minimum atomic E-state index is -0.516. The van der Waals surface area contributed by atoms with Gasteiger partial charge < -0.3 is 16.4 Å². The van der Waals surface area contributed by atoms with E-state index in [1.807, 2.05) is 13.8 Å². The third-order valence-corrected chi connectivity index (χ3v) is 2.91. The standard InChI is InChI=1S/C15H16FN3O/c1-9-3-6-12(16)14(7-9)19-15(20)18-11-5-4-10(2)13(17)8-11/h3-8H,17H2,1-2H3,(H2,18,19,20). The van der Waals surface area contributed by atoms with Crippen LogP contribution in [-0.4, -0.2) is 6.03 Å². The first-order chi connectivity index (χ1) is 9.45. The van der Waals surface area contributed by atoms with Crippen molar-refractivity contribution < 1.29 is 9.18 Å². The second kappa shape index (κ2) is 5.61. The number of benzene rings is 2. The maximum atomic E-state index is 13.5. The fraction of sp³-hybridized carbons (Fsp3) is 0.133. The zero-order valence-corrected chi connectivity index (χ0v) is 11.3. The van der Waals surface area contributed by atoms with Crippen LogP contribution < -0.4 is 16.4 Å². The number of urea groups is 1. The maximum Gasteiger partial charge on any atom is 0.323 e. The molecule has 5 heteroatoms. The third-order valence-electron chi connectivity index (χ3n) is 2.91. The molecule has 0 radical (unpaired) electrons. The topological polar surface area (TPSA) is 67.2 Å². The zero-order chi connectivity index (χ0) is 14.7. The number of nitrogens with two attached hydrogens (primary N) is 1. The molecule has 2 aromatic rings. The Hall–Kier alpha value is -2.56. The number of aryl methyl sites for hydroxylation is 2. The van der Waals surface area contributed by atoms with Gasteiger partial charge >= 0.3 is 6.03 Å². The van der Waals surface area contributed by atoms with Crippen LogP contribution in [0.1, 0.15) is 11.1 Å². The fourth-order valence-electron chi connectivity index (χ4n) is 1.74. The quantitative estimate of drug-likeness (QED) is 0.731. The normalized spacial score (nSPS) is 10.2. The Morgan fingerprint density at radius 2 is 1.85 bits per heavy atom. The second-order valence-corrected chi connectivity index (χ2v) is 4.63. The highest BCUT2D eigenvalue weighted by molar-refractivity contribution is 6.00. The molecule has 0 saturated carbocycles. The first-order valence-corrected chi connectivity index (χ1v) is 6.16. The number of nitrogen functional groups attached to an aromatic ring is 1. The third kappa shape index (κ3) is 3.26. The number of amides is 2. The summed E-state index contributed by atoms with van der Waals surface area (Å²) >= 11 is 0. The largest absolute Gasteiger partial charge is 0.398 e. The van der Waals surface area contributed by atoms with Gasteiger partial charge in [0.05, 0.1) is 5.69 Å². The van der Waals surface area contributed by atoms with Crippen molar-refractivity contribution in [2.75, 3.05) is 16.4 Å². The molecule has 2 aromatic carbocycles. The van der Waals surface area contributed by atoms with E-state index in [9.17, 15) is 9.18 Å². The Morgan fingerprint density at radius 1 is 1.10 bits per heavy atom. The molecule has 0 unspecified atom stereocenters. The number of hydrogen-bond donors (Lipinski definition) is 3. The molecule has 0 aromatic heterocycles. The molecule has 2 amide bonds. The number of carbonyl (C=O) groups is 1. The summed E-state index contributed by atoms with van der Waals surface area (Å²) in [5, 5.41) is 5.08. The van der Waals surface area contributed by atoms with Crippen LogP contribution in [0.2, 0.25) is 0 Å². The summed E-state index contributed by atoms with van der Waals surface area (Å²) in [5.41, 5.74) is 8.84. The molecular formula is C15H16FN3O. The minimum absolute atomic E-state index is 0.141. The Kier molecular flexibility index (Phi) is 3.89. The molecule has 0 bridgehead atoms. The van der Waals surface area contributed by atoms with E-state index in [4.69, 9.17) is 5.73 Å². The Morgan fingerprint density at radius 3 is 2.55 bits per heavy atom. The minimum Gasteiger partial charge on any atom is -0.398 e. The lowest BCUT2D eigenvalue weighted by molar-refractivity contribution is 0.262. The predicted octanol–water partition coefficient (Wildman–Crippen LogP) is 3.67. The molecule has 0 aliphatic carbocycles. The van der Waals surface area contributed by atoms with E-state index in [1.165, 1.54) is 6.07 Å². The van der Waals surface area contributed by atoms with Crippen molar-refractivity contribution in [2.24, 2.45) is 0 Å². The molecule has 0 fully saturated rings. The van der Waals surface area contributed by atoms with Crippen LogP contribution >= 0.6 is 0 Å². The number of carbonyl (C=O) groups excluding carboxylic acids is 1. The van der Waals surface area contributed by atoms with E-state index < -0.39 is 11.8 Å². The van der Waals surface area contributed by atoms with Gasteiger partial charge in [0.2, 0.25) is 0 Å². The van der Waals surface area contributed by atoms with Gasteiger partial charge in [-0.25, -0.2) is 9.18 Å². The Balaban J connectivity index is 2.09. The van der Waals surface area contributed by atoms with Crippen LogP contribution in [0.4, 0.5) is 26.2 Å². The lowest BCUT2D eigenvalue weighted by atomic mass is 10.2. The fourth-order valence-corrected chi connectivity index (χ4v) is 1.74. The van der Waals surface area contributed by atoms with E-state index in [0.29, 0.717) is 11.4 Å². The number of nitrogens with one attached hydrogen (secondary N) is 2. The van der Waals surface area contributed by atoms with Gasteiger partial charge in [0.15, 0.2) is 0 Å². The highest BCUT2D eigenvalue weighted by Crippen LogP contribution is 2.18. The first-order valence-electron chi connectivity index (χ1n) is 6.16. The molecule has 0 atom stereocenters. The van der Waals surface area contributed by atoms with Crippen LogP contribution in [0, 0.1) is 19.7 Å². The molecule has 104 valence electrons. The monoisotopic (exact) mass is 273 g/mol. The van der Waals surface area contributed by atoms with Crippen molar-refractivity contribution >= 4 is 23.1 Å². The highest BCUT2D eigenvalue weighted by atomic mass is 19.1. The van der Waals surface area contributed by atoms with Gasteiger partial charge in [0, 0.05) is 11.4 Å². The summed E-state index contributed by atoms with van der Waals surface area (Å²) in [6, 6.07) is 9.20. The van der Waals surface area contributed by atoms with E-state index >= 15 is 0 Å². The van der Waals surface area contributed by atoms with Gasteiger partial charge in [-0.15, -0.1) is 0 Å². The maximum absolute atomic E-state index is 13.5. The van der Waals surface area contributed by atoms with Crippen molar-refractivity contribution in [3.05, 3.63) is 53.3 Å². The van der Waals surface area contributed by atoms with Gasteiger partial charge in [-0.1, -0.05) is 12.1 Å². The van der Waals surface area contributed by atoms with Crippen LogP contribution in [0.25, 0.3) is 0 Å². The highest BCUT2D eigenvalue weighted by Gasteiger charge is 2.07. The Bertz CT molecular complexity index is 656. The Labute approximate surface area is 116 Å². The molecule has 20 heavy (non-hydrogen) atoms. The number of halogens is 1. The summed E-state index contributed by atoms with van der Waals surface area (Å²) in [6.07, 6.45) is 0. The molecule has 4 N–H and O–H groups in total. The lowest BCUT2D eigenvalue weighted by Gasteiger charge is -2.10. The van der Waals surface area contributed by atoms with Crippen LogP contribution in [-0.2, 0) is 0 Å². The van der Waals surface area contributed by atoms with Crippen LogP contribution in [0.3, 0.4) is 0 Å². The van der Waals surface area contributed by atoms with Crippen LogP contribution in [0.15, 0.2) is 36.4 Å². The van der Waals surface area contributed by atoms with E-state index in [-0.39, 0.29) is 5.69 Å². The zero-order valence-electron chi connectivity index (χ0n) is 11.3. The van der Waals surface area contributed by atoms with Crippen molar-refractivity contribution in [1.82, 2.24) is 0 Å². The van der Waals surface area contributed by atoms with Crippen molar-refractivity contribution in [2.45, 2.75) is 13.8 Å². The molecule has 0 aliphatic rings. The lowest BCUT2D eigenvalue weighted by Crippen LogP contribution is -2.20. The molecule has 2 rings (SSSR count). The van der Waals surface area contributed by atoms with E-state index in [0.717, 1.165) is 11.1 Å². The smallest absolute Gasteiger partial charge is 0.323 e. The second-order valence-electron chi connectivity index (χ2n) is 4.63. The van der Waals surface area contributed by atoms with Crippen molar-refractivity contribution in [1.29, 1.82) is 0 Å². The predicted molar refractivity (Wildman–Crippen MR) is 79.4 cm³/mol. The number of rotatable bonds is 2. The van der Waals surface area contributed by atoms with Gasteiger partial charge in [-0.3, -0.25) is 0 Å². The van der Waals surface area contributed by atoms with Gasteiger partial charge in [-0.05, 0) is 49.2 Å². The summed E-state index contributed by atoms with van der Waals surface area (Å²) in [6.45, 7) is 3.70. The number of hydrogen-bond acceptors (Lipinski definition) is 2. The van der Waals surface area contributed by atoms with Gasteiger partial charge in [0.1, 0.15) is 5.82 Å². The van der Waals surface area contributed by atoms with Gasteiger partial charge in [0.25, 0.3) is 0 Å². The number of anilines is 3. The molecule has 0 spiro atoms. The molecule has 0 aliphatic heterocycles. The molecule has 0 heterocycles. The summed E-state index contributed by atoms with van der Waals surface area (Å²) in [4.78, 5) is 11.8. The summed E-state index contributed by atoms with van der Waals surface area (Å²) < 4.78 is 13.5.